The number of likely N-dealkylation sites (N-methyl/N-ethyl adjacent to an activating group) is 1. The van der Waals surface area contributed by atoms with Crippen LogP contribution in [0.1, 0.15) is 19.3 Å². The minimum Gasteiger partial charge on any atom is -0.491 e. The Kier molecular flexibility index (Phi) is 3.74. The van der Waals surface area contributed by atoms with Gasteiger partial charge in [0.05, 0.1) is 11.2 Å². The van der Waals surface area contributed by atoms with E-state index in [-0.39, 0.29) is 0 Å². The quantitative estimate of drug-likeness (QED) is 0.872. The summed E-state index contributed by atoms with van der Waals surface area (Å²) in [7, 11) is 2.18. The molecule has 0 spiro atoms. The molecule has 4 nitrogen and oxygen atoms in total. The van der Waals surface area contributed by atoms with E-state index in [4.69, 9.17) is 10.5 Å². The predicted molar refractivity (Wildman–Crippen MR) is 81.9 cm³/mol. The monoisotopic (exact) mass is 271 g/mol. The number of benzene rings is 1. The molecule has 1 atom stereocenters. The van der Waals surface area contributed by atoms with Crippen LogP contribution in [0.4, 0.5) is 5.69 Å². The lowest BCUT2D eigenvalue weighted by atomic mass is 10.0. The third kappa shape index (κ3) is 2.56. The molecule has 0 radical (unpaired) electrons. The molecule has 2 N–H and O–H groups in total. The molecule has 1 saturated heterocycles. The minimum absolute atomic E-state index is 0.507. The van der Waals surface area contributed by atoms with Crippen molar-refractivity contribution in [2.45, 2.75) is 25.3 Å². The molecule has 3 rings (SSSR count). The van der Waals surface area contributed by atoms with E-state index in [1.165, 1.54) is 19.3 Å². The number of likely N-dealkylation sites (tertiary alicyclic amines) is 1. The number of piperidine rings is 1. The van der Waals surface area contributed by atoms with Gasteiger partial charge < -0.3 is 15.4 Å². The summed E-state index contributed by atoms with van der Waals surface area (Å²) in [5.74, 6) is 0.876. The van der Waals surface area contributed by atoms with Gasteiger partial charge in [-0.2, -0.15) is 0 Å². The van der Waals surface area contributed by atoms with E-state index in [1.54, 1.807) is 6.20 Å². The van der Waals surface area contributed by atoms with Crippen LogP contribution in [0.15, 0.2) is 30.5 Å². The van der Waals surface area contributed by atoms with E-state index >= 15 is 0 Å². The number of rotatable bonds is 3. The highest BCUT2D eigenvalue weighted by Crippen LogP contribution is 2.28. The van der Waals surface area contributed by atoms with Gasteiger partial charge in [-0.25, -0.2) is 0 Å². The number of nitrogens with zero attached hydrogens (tertiary/aromatic N) is 2. The zero-order chi connectivity index (χ0) is 13.9. The average molecular weight is 271 g/mol. The second kappa shape index (κ2) is 5.67. The normalized spacial score (nSPS) is 20.1. The zero-order valence-corrected chi connectivity index (χ0v) is 11.9. The Bertz CT molecular complexity index is 599. The Morgan fingerprint density at radius 2 is 2.25 bits per heavy atom. The van der Waals surface area contributed by atoms with Gasteiger partial charge in [-0.05, 0) is 44.6 Å². The number of anilines is 1. The number of nitrogens with two attached hydrogens (primary N) is 1. The van der Waals surface area contributed by atoms with Crippen molar-refractivity contribution in [3.8, 4) is 5.75 Å². The Morgan fingerprint density at radius 1 is 1.35 bits per heavy atom. The number of ether oxygens (including phenoxy) is 1. The summed E-state index contributed by atoms with van der Waals surface area (Å²) in [5, 5.41) is 0.992. The molecule has 1 aromatic carbocycles. The molecule has 2 aromatic rings. The van der Waals surface area contributed by atoms with Crippen molar-refractivity contribution in [2.24, 2.45) is 0 Å². The van der Waals surface area contributed by atoms with Gasteiger partial charge in [0.1, 0.15) is 12.4 Å². The molecule has 106 valence electrons. The van der Waals surface area contributed by atoms with Crippen LogP contribution in [0.3, 0.4) is 0 Å². The lowest BCUT2D eigenvalue weighted by molar-refractivity contribution is 0.126. The minimum atomic E-state index is 0.507. The highest BCUT2D eigenvalue weighted by molar-refractivity contribution is 5.93. The van der Waals surface area contributed by atoms with E-state index in [1.807, 2.05) is 24.3 Å². The second-order valence-corrected chi connectivity index (χ2v) is 5.49. The molecule has 1 fully saturated rings. The molecule has 0 saturated carbocycles. The molecule has 0 amide bonds. The first-order chi connectivity index (χ1) is 9.75. The summed E-state index contributed by atoms with van der Waals surface area (Å²) in [5.41, 5.74) is 7.48. The molecule has 1 aromatic heterocycles. The molecular weight excluding hydrogens is 250 g/mol. The van der Waals surface area contributed by atoms with Crippen molar-refractivity contribution >= 4 is 16.6 Å². The molecule has 0 bridgehead atoms. The molecule has 1 unspecified atom stereocenters. The van der Waals surface area contributed by atoms with Gasteiger partial charge in [-0.15, -0.1) is 0 Å². The maximum absolute atomic E-state index is 6.05. The summed E-state index contributed by atoms with van der Waals surface area (Å²) in [6.07, 6.45) is 5.56. The fraction of sp³-hybridized carbons (Fsp3) is 0.438. The zero-order valence-electron chi connectivity index (χ0n) is 11.9. The van der Waals surface area contributed by atoms with Crippen LogP contribution in [0.2, 0.25) is 0 Å². The summed E-state index contributed by atoms with van der Waals surface area (Å²) >= 11 is 0. The van der Waals surface area contributed by atoms with Crippen LogP contribution in [0, 0.1) is 0 Å². The van der Waals surface area contributed by atoms with Crippen molar-refractivity contribution in [3.63, 3.8) is 0 Å². The van der Waals surface area contributed by atoms with Crippen LogP contribution < -0.4 is 10.5 Å². The Morgan fingerprint density at radius 3 is 3.10 bits per heavy atom. The summed E-state index contributed by atoms with van der Waals surface area (Å²) in [4.78, 5) is 6.73. The lowest BCUT2D eigenvalue weighted by Crippen LogP contribution is -2.40. The highest BCUT2D eigenvalue weighted by atomic mass is 16.5. The smallest absolute Gasteiger partial charge is 0.130 e. The first kappa shape index (κ1) is 13.2. The third-order valence-electron chi connectivity index (χ3n) is 4.11. The number of pyridine rings is 1. The second-order valence-electron chi connectivity index (χ2n) is 5.49. The number of hydrogen-bond donors (Lipinski definition) is 1. The summed E-state index contributed by atoms with van der Waals surface area (Å²) < 4.78 is 6.05. The number of nitrogen functional groups attached to an aromatic ring is 1. The van der Waals surface area contributed by atoms with Gasteiger partial charge in [0.2, 0.25) is 0 Å². The predicted octanol–water partition coefficient (Wildman–Crippen LogP) is 2.68. The molecule has 2 heterocycles. The molecule has 0 aliphatic carbocycles. The highest BCUT2D eigenvalue weighted by Gasteiger charge is 2.19. The van der Waals surface area contributed by atoms with E-state index in [0.29, 0.717) is 11.7 Å². The van der Waals surface area contributed by atoms with E-state index in [2.05, 4.69) is 16.9 Å². The number of para-hydroxylation sites is 1. The van der Waals surface area contributed by atoms with Gasteiger partial charge in [0, 0.05) is 17.6 Å². The largest absolute Gasteiger partial charge is 0.491 e. The SMILES string of the molecule is CN1CCCCC1COc1ccnc2c(N)cccc12. The van der Waals surface area contributed by atoms with Crippen molar-refractivity contribution in [1.82, 2.24) is 9.88 Å². The van der Waals surface area contributed by atoms with Crippen molar-refractivity contribution < 1.29 is 4.74 Å². The Balaban J connectivity index is 1.79. The third-order valence-corrected chi connectivity index (χ3v) is 4.11. The van der Waals surface area contributed by atoms with Crippen molar-refractivity contribution in [2.75, 3.05) is 25.9 Å². The summed E-state index contributed by atoms with van der Waals surface area (Å²) in [6.45, 7) is 1.89. The molecule has 1 aliphatic rings. The van der Waals surface area contributed by atoms with Gasteiger partial charge in [-0.3, -0.25) is 4.98 Å². The van der Waals surface area contributed by atoms with Crippen molar-refractivity contribution in [3.05, 3.63) is 30.5 Å². The van der Waals surface area contributed by atoms with Crippen LogP contribution in [-0.4, -0.2) is 36.1 Å². The van der Waals surface area contributed by atoms with Gasteiger partial charge in [-0.1, -0.05) is 12.5 Å². The molecular formula is C16H21N3O. The van der Waals surface area contributed by atoms with Gasteiger partial charge >= 0.3 is 0 Å². The number of hydrogen-bond acceptors (Lipinski definition) is 4. The van der Waals surface area contributed by atoms with E-state index in [0.717, 1.165) is 29.8 Å². The Hall–Kier alpha value is -1.81. The van der Waals surface area contributed by atoms with E-state index < -0.39 is 0 Å². The first-order valence-corrected chi connectivity index (χ1v) is 7.22. The molecule has 20 heavy (non-hydrogen) atoms. The average Bonchev–Trinajstić information content (AvgIpc) is 2.47. The standard InChI is InChI=1S/C16H21N3O/c1-19-10-3-2-5-12(19)11-20-15-8-9-18-16-13(15)6-4-7-14(16)17/h4,6-9,12H,2-3,5,10-11,17H2,1H3. The molecule has 4 heteroatoms. The lowest BCUT2D eigenvalue weighted by Gasteiger charge is -2.32. The fourth-order valence-electron chi connectivity index (χ4n) is 2.84. The fourth-order valence-corrected chi connectivity index (χ4v) is 2.84. The topological polar surface area (TPSA) is 51.4 Å². The van der Waals surface area contributed by atoms with Gasteiger partial charge in [0.25, 0.3) is 0 Å². The molecule has 1 aliphatic heterocycles. The van der Waals surface area contributed by atoms with Crippen molar-refractivity contribution in [1.29, 1.82) is 0 Å². The van der Waals surface area contributed by atoms with Crippen LogP contribution >= 0.6 is 0 Å². The maximum atomic E-state index is 6.05. The summed E-state index contributed by atoms with van der Waals surface area (Å²) in [6, 6.07) is 8.25. The van der Waals surface area contributed by atoms with Gasteiger partial charge in [0.15, 0.2) is 0 Å². The first-order valence-electron chi connectivity index (χ1n) is 7.22. The van der Waals surface area contributed by atoms with E-state index in [9.17, 15) is 0 Å². The maximum Gasteiger partial charge on any atom is 0.130 e. The number of aromatic nitrogens is 1. The number of fused-ring (bicyclic) bond motifs is 1. The van der Waals surface area contributed by atoms with Crippen LogP contribution in [0.5, 0.6) is 5.75 Å². The van der Waals surface area contributed by atoms with Crippen LogP contribution in [0.25, 0.3) is 10.9 Å². The van der Waals surface area contributed by atoms with Crippen LogP contribution in [-0.2, 0) is 0 Å². The Labute approximate surface area is 119 Å².